The summed E-state index contributed by atoms with van der Waals surface area (Å²) in [5.41, 5.74) is 2.24. The summed E-state index contributed by atoms with van der Waals surface area (Å²) >= 11 is 7.67. The van der Waals surface area contributed by atoms with Crippen LogP contribution in [0.3, 0.4) is 0 Å². The van der Waals surface area contributed by atoms with Gasteiger partial charge in [-0.05, 0) is 17.7 Å². The Balaban J connectivity index is 1.88. The number of ether oxygens (including phenoxy) is 1. The van der Waals surface area contributed by atoms with E-state index in [9.17, 15) is 0 Å². The first-order valence-corrected chi connectivity index (χ1v) is 8.04. The molecule has 21 heavy (non-hydrogen) atoms. The molecule has 2 rings (SSSR count). The molecule has 0 aliphatic carbocycles. The van der Waals surface area contributed by atoms with E-state index in [1.807, 2.05) is 25.2 Å². The number of hydrogen-bond acceptors (Lipinski definition) is 5. The molecule has 0 radical (unpaired) electrons. The molecule has 114 valence electrons. The Labute approximate surface area is 134 Å². The summed E-state index contributed by atoms with van der Waals surface area (Å²) in [4.78, 5) is 6.77. The van der Waals surface area contributed by atoms with Crippen LogP contribution in [0, 0.1) is 0 Å². The highest BCUT2D eigenvalue weighted by Gasteiger charge is 2.08. The first kappa shape index (κ1) is 16.2. The third kappa shape index (κ3) is 5.28. The number of methoxy groups -OCH3 is 1. The molecule has 1 heterocycles. The monoisotopic (exact) mass is 325 g/mol. The number of aromatic nitrogens is 1. The zero-order chi connectivity index (χ0) is 15.1. The molecular formula is C15H20ClN3OS. The summed E-state index contributed by atoms with van der Waals surface area (Å²) in [6.45, 7) is 3.11. The van der Waals surface area contributed by atoms with Gasteiger partial charge in [-0.1, -0.05) is 23.7 Å². The molecule has 4 nitrogen and oxygen atoms in total. The Kier molecular flexibility index (Phi) is 6.45. The van der Waals surface area contributed by atoms with Crippen LogP contribution in [0.4, 0.5) is 5.13 Å². The predicted octanol–water partition coefficient (Wildman–Crippen LogP) is 3.17. The molecule has 0 amide bonds. The van der Waals surface area contributed by atoms with Crippen molar-refractivity contribution in [2.75, 3.05) is 32.2 Å². The quantitative estimate of drug-likeness (QED) is 0.756. The Morgan fingerprint density at radius 2 is 2.29 bits per heavy atom. The maximum absolute atomic E-state index is 6.01. The fraction of sp³-hybridized carbons (Fsp3) is 0.400. The standard InChI is InChI=1S/C15H20ClN3OS/c1-19(10-12-4-3-5-13(16)8-12)15-18-14(11-21-15)9-17-6-7-20-2/h3-5,8,11,17H,6-7,9-10H2,1-2H3. The molecule has 2 aromatic rings. The number of rotatable bonds is 8. The van der Waals surface area contributed by atoms with Gasteiger partial charge in [-0.3, -0.25) is 0 Å². The average Bonchev–Trinajstić information content (AvgIpc) is 2.93. The van der Waals surface area contributed by atoms with Crippen molar-refractivity contribution in [2.24, 2.45) is 0 Å². The number of benzene rings is 1. The van der Waals surface area contributed by atoms with Gasteiger partial charge in [-0.25, -0.2) is 4.98 Å². The van der Waals surface area contributed by atoms with E-state index < -0.39 is 0 Å². The average molecular weight is 326 g/mol. The predicted molar refractivity (Wildman–Crippen MR) is 89.3 cm³/mol. The maximum atomic E-state index is 6.01. The fourth-order valence-electron chi connectivity index (χ4n) is 1.92. The Bertz CT molecular complexity index is 561. The molecule has 0 atom stereocenters. The Morgan fingerprint density at radius 3 is 3.05 bits per heavy atom. The van der Waals surface area contributed by atoms with Crippen LogP contribution in [0.5, 0.6) is 0 Å². The van der Waals surface area contributed by atoms with Crippen molar-refractivity contribution < 1.29 is 4.74 Å². The molecule has 6 heteroatoms. The van der Waals surface area contributed by atoms with E-state index in [2.05, 4.69) is 26.6 Å². The molecule has 0 aliphatic rings. The summed E-state index contributed by atoms with van der Waals surface area (Å²) in [6.07, 6.45) is 0. The van der Waals surface area contributed by atoms with Gasteiger partial charge in [0, 0.05) is 44.2 Å². The summed E-state index contributed by atoms with van der Waals surface area (Å²) in [7, 11) is 3.75. The van der Waals surface area contributed by atoms with Gasteiger partial charge >= 0.3 is 0 Å². The summed E-state index contributed by atoms with van der Waals surface area (Å²) < 4.78 is 5.00. The lowest BCUT2D eigenvalue weighted by Crippen LogP contribution is -2.19. The van der Waals surface area contributed by atoms with Crippen molar-refractivity contribution in [2.45, 2.75) is 13.1 Å². The van der Waals surface area contributed by atoms with Gasteiger partial charge in [0.2, 0.25) is 0 Å². The number of nitrogens with one attached hydrogen (secondary N) is 1. The van der Waals surface area contributed by atoms with Crippen LogP contribution in [0.2, 0.25) is 5.02 Å². The van der Waals surface area contributed by atoms with Gasteiger partial charge in [0.15, 0.2) is 5.13 Å². The van der Waals surface area contributed by atoms with Crippen molar-refractivity contribution in [1.82, 2.24) is 10.3 Å². The summed E-state index contributed by atoms with van der Waals surface area (Å²) in [5, 5.41) is 7.16. The van der Waals surface area contributed by atoms with E-state index in [0.717, 1.165) is 35.5 Å². The van der Waals surface area contributed by atoms with E-state index in [-0.39, 0.29) is 0 Å². The second-order valence-electron chi connectivity index (χ2n) is 4.78. The van der Waals surface area contributed by atoms with Gasteiger partial charge in [-0.15, -0.1) is 11.3 Å². The Morgan fingerprint density at radius 1 is 1.43 bits per heavy atom. The molecule has 0 saturated carbocycles. The van der Waals surface area contributed by atoms with Crippen molar-refractivity contribution in [1.29, 1.82) is 0 Å². The molecule has 0 fully saturated rings. The van der Waals surface area contributed by atoms with Crippen molar-refractivity contribution in [3.05, 3.63) is 45.9 Å². The number of thiazole rings is 1. The first-order valence-electron chi connectivity index (χ1n) is 6.78. The highest BCUT2D eigenvalue weighted by atomic mass is 35.5. The van der Waals surface area contributed by atoms with E-state index in [1.165, 1.54) is 5.56 Å². The first-order chi connectivity index (χ1) is 10.2. The van der Waals surface area contributed by atoms with Crippen molar-refractivity contribution in [3.63, 3.8) is 0 Å². The van der Waals surface area contributed by atoms with Crippen LogP contribution in [-0.2, 0) is 17.8 Å². The van der Waals surface area contributed by atoms with E-state index in [4.69, 9.17) is 16.3 Å². The van der Waals surface area contributed by atoms with Crippen molar-refractivity contribution >= 4 is 28.1 Å². The second kappa shape index (κ2) is 8.34. The zero-order valence-electron chi connectivity index (χ0n) is 12.3. The minimum atomic E-state index is 0.714. The Hall–Kier alpha value is -1.14. The number of anilines is 1. The van der Waals surface area contributed by atoms with Crippen LogP contribution in [0.25, 0.3) is 0 Å². The normalized spacial score (nSPS) is 10.8. The van der Waals surface area contributed by atoms with E-state index in [1.54, 1.807) is 18.4 Å². The van der Waals surface area contributed by atoms with Crippen LogP contribution in [0.1, 0.15) is 11.3 Å². The lowest BCUT2D eigenvalue weighted by atomic mass is 10.2. The third-order valence-electron chi connectivity index (χ3n) is 2.96. The number of nitrogens with zero attached hydrogens (tertiary/aromatic N) is 2. The van der Waals surface area contributed by atoms with Crippen LogP contribution < -0.4 is 10.2 Å². The number of halogens is 1. The molecule has 0 unspecified atom stereocenters. The molecule has 1 N–H and O–H groups in total. The SMILES string of the molecule is COCCNCc1csc(N(C)Cc2cccc(Cl)c2)n1. The summed E-state index contributed by atoms with van der Waals surface area (Å²) in [6, 6.07) is 7.92. The minimum Gasteiger partial charge on any atom is -0.383 e. The largest absolute Gasteiger partial charge is 0.383 e. The van der Waals surface area contributed by atoms with Crippen LogP contribution >= 0.6 is 22.9 Å². The smallest absolute Gasteiger partial charge is 0.185 e. The van der Waals surface area contributed by atoms with Gasteiger partial charge in [0.25, 0.3) is 0 Å². The molecule has 0 bridgehead atoms. The lowest BCUT2D eigenvalue weighted by Gasteiger charge is -2.15. The minimum absolute atomic E-state index is 0.714. The van der Waals surface area contributed by atoms with Crippen LogP contribution in [0.15, 0.2) is 29.6 Å². The van der Waals surface area contributed by atoms with E-state index in [0.29, 0.717) is 6.61 Å². The zero-order valence-corrected chi connectivity index (χ0v) is 13.9. The molecular weight excluding hydrogens is 306 g/mol. The van der Waals surface area contributed by atoms with Gasteiger partial charge in [0.05, 0.1) is 12.3 Å². The topological polar surface area (TPSA) is 37.4 Å². The maximum Gasteiger partial charge on any atom is 0.185 e. The van der Waals surface area contributed by atoms with Gasteiger partial charge < -0.3 is 15.0 Å². The second-order valence-corrected chi connectivity index (χ2v) is 6.05. The third-order valence-corrected chi connectivity index (χ3v) is 4.20. The van der Waals surface area contributed by atoms with Crippen molar-refractivity contribution in [3.8, 4) is 0 Å². The highest BCUT2D eigenvalue weighted by molar-refractivity contribution is 7.13. The molecule has 0 spiro atoms. The highest BCUT2D eigenvalue weighted by Crippen LogP contribution is 2.21. The molecule has 0 aliphatic heterocycles. The molecule has 0 saturated heterocycles. The molecule has 1 aromatic heterocycles. The summed E-state index contributed by atoms with van der Waals surface area (Å²) in [5.74, 6) is 0. The fourth-order valence-corrected chi connectivity index (χ4v) is 2.93. The molecule has 1 aromatic carbocycles. The van der Waals surface area contributed by atoms with Crippen LogP contribution in [-0.4, -0.2) is 32.3 Å². The number of hydrogen-bond donors (Lipinski definition) is 1. The van der Waals surface area contributed by atoms with E-state index >= 15 is 0 Å². The van der Waals surface area contributed by atoms with Gasteiger partial charge in [-0.2, -0.15) is 0 Å². The van der Waals surface area contributed by atoms with Gasteiger partial charge in [0.1, 0.15) is 0 Å². The lowest BCUT2D eigenvalue weighted by molar-refractivity contribution is 0.199.